The first-order chi connectivity index (χ1) is 9.51. The molecule has 0 bridgehead atoms. The summed E-state index contributed by atoms with van der Waals surface area (Å²) >= 11 is 0. The number of hydrogen-bond donors (Lipinski definition) is 1. The van der Waals surface area contributed by atoms with Crippen LogP contribution in [0.2, 0.25) is 0 Å². The zero-order chi connectivity index (χ0) is 14.7. The Bertz CT molecular complexity index is 487. The summed E-state index contributed by atoms with van der Waals surface area (Å²) in [5, 5.41) is 0. The largest absolute Gasteiger partial charge is 0.364 e. The average molecular weight is 276 g/mol. The summed E-state index contributed by atoms with van der Waals surface area (Å²) in [5.41, 5.74) is 9.22. The molecule has 1 aromatic rings. The van der Waals surface area contributed by atoms with Gasteiger partial charge in [-0.25, -0.2) is 0 Å². The summed E-state index contributed by atoms with van der Waals surface area (Å²) in [6.07, 6.45) is 1.38. The van der Waals surface area contributed by atoms with Crippen LogP contribution in [0.25, 0.3) is 0 Å². The van der Waals surface area contributed by atoms with E-state index in [-0.39, 0.29) is 18.1 Å². The van der Waals surface area contributed by atoms with Gasteiger partial charge in [-0.15, -0.1) is 0 Å². The quantitative estimate of drug-likeness (QED) is 0.912. The summed E-state index contributed by atoms with van der Waals surface area (Å²) in [4.78, 5) is 14.1. The van der Waals surface area contributed by atoms with Crippen molar-refractivity contribution in [3.63, 3.8) is 0 Å². The lowest BCUT2D eigenvalue weighted by Crippen LogP contribution is -2.36. The molecule has 1 heterocycles. The summed E-state index contributed by atoms with van der Waals surface area (Å²) < 4.78 is 5.66. The monoisotopic (exact) mass is 276 g/mol. The van der Waals surface area contributed by atoms with Crippen molar-refractivity contribution in [1.29, 1.82) is 0 Å². The van der Waals surface area contributed by atoms with Crippen LogP contribution in [-0.4, -0.2) is 36.6 Å². The molecule has 4 heteroatoms. The first kappa shape index (κ1) is 15.0. The van der Waals surface area contributed by atoms with Gasteiger partial charge < -0.3 is 15.4 Å². The molecule has 110 valence electrons. The average Bonchev–Trinajstić information content (AvgIpc) is 2.89. The predicted octanol–water partition coefficient (Wildman–Crippen LogP) is 1.77. The number of nitrogens with zero attached hydrogens (tertiary/aromatic N) is 1. The molecule has 0 radical (unpaired) electrons. The number of nitrogens with two attached hydrogens (primary N) is 1. The molecule has 1 fully saturated rings. The Morgan fingerprint density at radius 1 is 1.40 bits per heavy atom. The highest BCUT2D eigenvalue weighted by Crippen LogP contribution is 2.21. The van der Waals surface area contributed by atoms with E-state index in [1.807, 2.05) is 7.05 Å². The molecule has 2 unspecified atom stereocenters. The van der Waals surface area contributed by atoms with Crippen LogP contribution >= 0.6 is 0 Å². The van der Waals surface area contributed by atoms with E-state index in [0.29, 0.717) is 13.1 Å². The third-order valence-electron chi connectivity index (χ3n) is 3.93. The normalized spacial score (nSPS) is 22.0. The SMILES string of the molecule is Cc1ccc(CN(C)C(=O)C2CCC(CN)O2)c(C)c1. The van der Waals surface area contributed by atoms with E-state index in [0.717, 1.165) is 12.8 Å². The molecule has 2 atom stereocenters. The van der Waals surface area contributed by atoms with Crippen molar-refractivity contribution in [3.8, 4) is 0 Å². The Hall–Kier alpha value is -1.39. The van der Waals surface area contributed by atoms with Crippen molar-refractivity contribution in [3.05, 3.63) is 34.9 Å². The number of amides is 1. The molecular formula is C16H24N2O2. The fourth-order valence-corrected chi connectivity index (χ4v) is 2.66. The van der Waals surface area contributed by atoms with Crippen LogP contribution in [0.5, 0.6) is 0 Å². The minimum atomic E-state index is -0.320. The van der Waals surface area contributed by atoms with Gasteiger partial charge in [0.2, 0.25) is 0 Å². The summed E-state index contributed by atoms with van der Waals surface area (Å²) in [7, 11) is 1.83. The molecule has 0 aromatic heterocycles. The second-order valence-electron chi connectivity index (χ2n) is 5.68. The van der Waals surface area contributed by atoms with E-state index in [4.69, 9.17) is 10.5 Å². The van der Waals surface area contributed by atoms with Crippen molar-refractivity contribution in [1.82, 2.24) is 4.90 Å². The van der Waals surface area contributed by atoms with Crippen LogP contribution in [0.3, 0.4) is 0 Å². The fourth-order valence-electron chi connectivity index (χ4n) is 2.66. The Morgan fingerprint density at radius 3 is 2.75 bits per heavy atom. The van der Waals surface area contributed by atoms with Crippen LogP contribution in [-0.2, 0) is 16.1 Å². The van der Waals surface area contributed by atoms with E-state index in [1.165, 1.54) is 16.7 Å². The van der Waals surface area contributed by atoms with E-state index in [2.05, 4.69) is 32.0 Å². The fraction of sp³-hybridized carbons (Fsp3) is 0.562. The van der Waals surface area contributed by atoms with Gasteiger partial charge in [-0.2, -0.15) is 0 Å². The maximum atomic E-state index is 12.3. The lowest BCUT2D eigenvalue weighted by atomic mass is 10.1. The van der Waals surface area contributed by atoms with Gasteiger partial charge in [0.25, 0.3) is 5.91 Å². The van der Waals surface area contributed by atoms with Gasteiger partial charge >= 0.3 is 0 Å². The van der Waals surface area contributed by atoms with E-state index in [9.17, 15) is 4.79 Å². The van der Waals surface area contributed by atoms with Gasteiger partial charge in [0.15, 0.2) is 0 Å². The first-order valence-corrected chi connectivity index (χ1v) is 7.18. The molecule has 2 N–H and O–H groups in total. The van der Waals surface area contributed by atoms with E-state index in [1.54, 1.807) is 4.90 Å². The Morgan fingerprint density at radius 2 is 2.15 bits per heavy atom. The molecule has 1 aliphatic rings. The zero-order valence-electron chi connectivity index (χ0n) is 12.6. The number of ether oxygens (including phenoxy) is 1. The number of benzene rings is 1. The minimum absolute atomic E-state index is 0.0402. The molecule has 1 aliphatic heterocycles. The predicted molar refractivity (Wildman–Crippen MR) is 79.3 cm³/mol. The Kier molecular flexibility index (Phi) is 4.78. The van der Waals surface area contributed by atoms with Gasteiger partial charge in [0.05, 0.1) is 6.10 Å². The highest BCUT2D eigenvalue weighted by Gasteiger charge is 2.31. The van der Waals surface area contributed by atoms with Crippen LogP contribution in [0.1, 0.15) is 29.5 Å². The van der Waals surface area contributed by atoms with Crippen molar-refractivity contribution in [2.75, 3.05) is 13.6 Å². The third kappa shape index (κ3) is 3.38. The number of aryl methyl sites for hydroxylation is 2. The number of hydrogen-bond acceptors (Lipinski definition) is 3. The molecule has 1 amide bonds. The van der Waals surface area contributed by atoms with Gasteiger partial charge in [-0.3, -0.25) is 4.79 Å². The van der Waals surface area contributed by atoms with E-state index < -0.39 is 0 Å². The minimum Gasteiger partial charge on any atom is -0.364 e. The molecule has 4 nitrogen and oxygen atoms in total. The summed E-state index contributed by atoms with van der Waals surface area (Å²) in [5.74, 6) is 0.0564. The van der Waals surface area contributed by atoms with Crippen molar-refractivity contribution in [2.45, 2.75) is 45.4 Å². The number of carbonyl (C=O) groups excluding carboxylic acids is 1. The molecule has 1 aromatic carbocycles. The van der Waals surface area contributed by atoms with Gasteiger partial charge in [0.1, 0.15) is 6.10 Å². The molecule has 2 rings (SSSR count). The maximum Gasteiger partial charge on any atom is 0.251 e. The van der Waals surface area contributed by atoms with Gasteiger partial charge in [-0.1, -0.05) is 23.8 Å². The van der Waals surface area contributed by atoms with Crippen LogP contribution < -0.4 is 5.73 Å². The van der Waals surface area contributed by atoms with Crippen LogP contribution in [0.15, 0.2) is 18.2 Å². The second-order valence-corrected chi connectivity index (χ2v) is 5.68. The number of rotatable bonds is 4. The zero-order valence-corrected chi connectivity index (χ0v) is 12.6. The van der Waals surface area contributed by atoms with Gasteiger partial charge in [0, 0.05) is 20.1 Å². The van der Waals surface area contributed by atoms with Crippen molar-refractivity contribution >= 4 is 5.91 Å². The Balaban J connectivity index is 1.97. The van der Waals surface area contributed by atoms with Crippen LogP contribution in [0.4, 0.5) is 0 Å². The molecule has 0 saturated carbocycles. The van der Waals surface area contributed by atoms with Crippen molar-refractivity contribution < 1.29 is 9.53 Å². The topological polar surface area (TPSA) is 55.6 Å². The summed E-state index contributed by atoms with van der Waals surface area (Å²) in [6.45, 7) is 5.27. The second kappa shape index (κ2) is 6.37. The summed E-state index contributed by atoms with van der Waals surface area (Å²) in [6, 6.07) is 6.31. The molecule has 0 aliphatic carbocycles. The smallest absolute Gasteiger partial charge is 0.251 e. The molecule has 20 heavy (non-hydrogen) atoms. The molecule has 1 saturated heterocycles. The third-order valence-corrected chi connectivity index (χ3v) is 3.93. The highest BCUT2D eigenvalue weighted by atomic mass is 16.5. The maximum absolute atomic E-state index is 12.3. The highest BCUT2D eigenvalue weighted by molar-refractivity contribution is 5.81. The molecule has 0 spiro atoms. The standard InChI is InChI=1S/C16H24N2O2/c1-11-4-5-13(12(2)8-11)10-18(3)16(19)15-7-6-14(9-17)20-15/h4-5,8,14-15H,6-7,9-10,17H2,1-3H3. The lowest BCUT2D eigenvalue weighted by molar-refractivity contribution is -0.141. The Labute approximate surface area is 120 Å². The number of likely N-dealkylation sites (N-methyl/N-ethyl adjacent to an activating group) is 1. The van der Waals surface area contributed by atoms with Crippen molar-refractivity contribution in [2.24, 2.45) is 5.73 Å². The number of carbonyl (C=O) groups is 1. The molecular weight excluding hydrogens is 252 g/mol. The van der Waals surface area contributed by atoms with Crippen LogP contribution in [0, 0.1) is 13.8 Å². The lowest BCUT2D eigenvalue weighted by Gasteiger charge is -2.22. The first-order valence-electron chi connectivity index (χ1n) is 7.18. The van der Waals surface area contributed by atoms with Gasteiger partial charge in [-0.05, 0) is 37.8 Å². The van der Waals surface area contributed by atoms with E-state index >= 15 is 0 Å².